The lowest BCUT2D eigenvalue weighted by Gasteiger charge is -2.44. The van der Waals surface area contributed by atoms with Gasteiger partial charge in [-0.1, -0.05) is 6.07 Å². The van der Waals surface area contributed by atoms with Gasteiger partial charge >= 0.3 is 0 Å². The Labute approximate surface area is 135 Å². The quantitative estimate of drug-likeness (QED) is 0.842. The lowest BCUT2D eigenvalue weighted by molar-refractivity contribution is 0.0495. The van der Waals surface area contributed by atoms with E-state index >= 15 is 0 Å². The van der Waals surface area contributed by atoms with Gasteiger partial charge in [0.2, 0.25) is 0 Å². The number of nitrogens with zero attached hydrogens (tertiary/aromatic N) is 1. The molecule has 1 spiro atoms. The molecule has 1 amide bonds. The van der Waals surface area contributed by atoms with E-state index < -0.39 is 0 Å². The number of benzene rings is 1. The third-order valence-corrected chi connectivity index (χ3v) is 5.79. The standard InChI is InChI=1S/C17H23BrN2O/c1-13-2-3-14(15(18)12-13)16(21)20-10-6-17(7-11-20)4-8-19-9-5-17/h2-3,12,19H,4-11H2,1H3. The summed E-state index contributed by atoms with van der Waals surface area (Å²) in [5.74, 6) is 0.172. The van der Waals surface area contributed by atoms with E-state index in [2.05, 4.69) is 21.2 Å². The highest BCUT2D eigenvalue weighted by Crippen LogP contribution is 2.39. The lowest BCUT2D eigenvalue weighted by atomic mass is 9.71. The number of hydrogen-bond donors (Lipinski definition) is 1. The summed E-state index contributed by atoms with van der Waals surface area (Å²) in [7, 11) is 0. The second-order valence-electron chi connectivity index (χ2n) is 6.53. The first-order chi connectivity index (χ1) is 10.1. The number of piperidine rings is 2. The number of nitrogens with one attached hydrogen (secondary N) is 1. The van der Waals surface area contributed by atoms with Gasteiger partial charge in [-0.3, -0.25) is 4.79 Å². The Kier molecular flexibility index (Phi) is 4.36. The molecule has 1 aromatic carbocycles. The van der Waals surface area contributed by atoms with Crippen molar-refractivity contribution >= 4 is 21.8 Å². The zero-order valence-electron chi connectivity index (χ0n) is 12.6. The molecule has 0 unspecified atom stereocenters. The molecule has 0 bridgehead atoms. The molecule has 2 aliphatic rings. The summed E-state index contributed by atoms with van der Waals surface area (Å²) in [5, 5.41) is 3.44. The zero-order chi connectivity index (χ0) is 14.9. The van der Waals surface area contributed by atoms with E-state index in [-0.39, 0.29) is 5.91 Å². The number of amides is 1. The van der Waals surface area contributed by atoms with Gasteiger partial charge in [-0.15, -0.1) is 0 Å². The Balaban J connectivity index is 1.67. The van der Waals surface area contributed by atoms with Crippen LogP contribution in [0.3, 0.4) is 0 Å². The molecule has 2 heterocycles. The number of aryl methyl sites for hydroxylation is 1. The predicted molar refractivity (Wildman–Crippen MR) is 88.6 cm³/mol. The van der Waals surface area contributed by atoms with Crippen LogP contribution < -0.4 is 5.32 Å². The molecule has 0 atom stereocenters. The maximum absolute atomic E-state index is 12.7. The number of carbonyl (C=O) groups is 1. The van der Waals surface area contributed by atoms with Crippen LogP contribution in [0.25, 0.3) is 0 Å². The summed E-state index contributed by atoms with van der Waals surface area (Å²) in [5.41, 5.74) is 2.46. The van der Waals surface area contributed by atoms with Gasteiger partial charge in [-0.2, -0.15) is 0 Å². The minimum absolute atomic E-state index is 0.172. The minimum Gasteiger partial charge on any atom is -0.339 e. The van der Waals surface area contributed by atoms with Crippen LogP contribution >= 0.6 is 15.9 Å². The molecule has 4 heteroatoms. The van der Waals surface area contributed by atoms with Gasteiger partial charge in [0.1, 0.15) is 0 Å². The highest BCUT2D eigenvalue weighted by atomic mass is 79.9. The van der Waals surface area contributed by atoms with Crippen LogP contribution in [-0.2, 0) is 0 Å². The van der Waals surface area contributed by atoms with Crippen molar-refractivity contribution in [2.45, 2.75) is 32.6 Å². The molecule has 0 aliphatic carbocycles. The molecular weight excluding hydrogens is 328 g/mol. The van der Waals surface area contributed by atoms with E-state index in [0.29, 0.717) is 5.41 Å². The molecule has 0 aromatic heterocycles. The molecule has 1 N–H and O–H groups in total. The average molecular weight is 351 g/mol. The number of halogens is 1. The molecule has 2 saturated heterocycles. The molecule has 0 radical (unpaired) electrons. The molecule has 21 heavy (non-hydrogen) atoms. The lowest BCUT2D eigenvalue weighted by Crippen LogP contribution is -2.47. The summed E-state index contributed by atoms with van der Waals surface area (Å²) >= 11 is 3.53. The summed E-state index contributed by atoms with van der Waals surface area (Å²) in [6, 6.07) is 5.97. The van der Waals surface area contributed by atoms with Crippen LogP contribution in [-0.4, -0.2) is 37.0 Å². The van der Waals surface area contributed by atoms with Crippen molar-refractivity contribution in [3.63, 3.8) is 0 Å². The summed E-state index contributed by atoms with van der Waals surface area (Å²) in [4.78, 5) is 14.7. The van der Waals surface area contributed by atoms with Crippen molar-refractivity contribution in [2.24, 2.45) is 5.41 Å². The maximum Gasteiger partial charge on any atom is 0.254 e. The van der Waals surface area contributed by atoms with Crippen molar-refractivity contribution in [3.05, 3.63) is 33.8 Å². The van der Waals surface area contributed by atoms with E-state index in [1.807, 2.05) is 30.0 Å². The predicted octanol–water partition coefficient (Wildman–Crippen LogP) is 3.36. The Morgan fingerprint density at radius 3 is 2.48 bits per heavy atom. The van der Waals surface area contributed by atoms with Crippen molar-refractivity contribution in [3.8, 4) is 0 Å². The fourth-order valence-corrected chi connectivity index (χ4v) is 4.27. The first-order valence-electron chi connectivity index (χ1n) is 7.86. The van der Waals surface area contributed by atoms with Crippen LogP contribution in [0.1, 0.15) is 41.6 Å². The van der Waals surface area contributed by atoms with Gasteiger partial charge in [-0.05, 0) is 84.7 Å². The molecule has 2 fully saturated rings. The molecular formula is C17H23BrN2O. The maximum atomic E-state index is 12.7. The summed E-state index contributed by atoms with van der Waals surface area (Å²) < 4.78 is 0.912. The second kappa shape index (κ2) is 6.09. The Hall–Kier alpha value is -0.870. The van der Waals surface area contributed by atoms with Crippen LogP contribution in [0.15, 0.2) is 22.7 Å². The fourth-order valence-electron chi connectivity index (χ4n) is 3.61. The first-order valence-corrected chi connectivity index (χ1v) is 8.65. The van der Waals surface area contributed by atoms with Crippen molar-refractivity contribution in [1.29, 1.82) is 0 Å². The first kappa shape index (κ1) is 15.0. The van der Waals surface area contributed by atoms with E-state index in [1.165, 1.54) is 18.4 Å². The van der Waals surface area contributed by atoms with Gasteiger partial charge in [-0.25, -0.2) is 0 Å². The highest BCUT2D eigenvalue weighted by molar-refractivity contribution is 9.10. The van der Waals surface area contributed by atoms with Gasteiger partial charge in [0.05, 0.1) is 5.56 Å². The molecule has 2 aliphatic heterocycles. The van der Waals surface area contributed by atoms with Crippen molar-refractivity contribution in [1.82, 2.24) is 10.2 Å². The number of likely N-dealkylation sites (tertiary alicyclic amines) is 1. The number of hydrogen-bond acceptors (Lipinski definition) is 2. The number of carbonyl (C=O) groups excluding carboxylic acids is 1. The second-order valence-corrected chi connectivity index (χ2v) is 7.38. The van der Waals surface area contributed by atoms with Crippen LogP contribution in [0.5, 0.6) is 0 Å². The van der Waals surface area contributed by atoms with Gasteiger partial charge in [0.15, 0.2) is 0 Å². The Bertz CT molecular complexity index is 528. The third-order valence-electron chi connectivity index (χ3n) is 5.13. The van der Waals surface area contributed by atoms with Crippen molar-refractivity contribution < 1.29 is 4.79 Å². The largest absolute Gasteiger partial charge is 0.339 e. The molecule has 0 saturated carbocycles. The smallest absolute Gasteiger partial charge is 0.254 e. The van der Waals surface area contributed by atoms with E-state index in [1.54, 1.807) is 0 Å². The van der Waals surface area contributed by atoms with Gasteiger partial charge in [0.25, 0.3) is 5.91 Å². The topological polar surface area (TPSA) is 32.3 Å². The van der Waals surface area contributed by atoms with Crippen molar-refractivity contribution in [2.75, 3.05) is 26.2 Å². The van der Waals surface area contributed by atoms with E-state index in [0.717, 1.165) is 49.1 Å². The van der Waals surface area contributed by atoms with Crippen LogP contribution in [0.2, 0.25) is 0 Å². The summed E-state index contributed by atoms with van der Waals surface area (Å²) in [6.45, 7) is 6.12. The molecule has 1 aromatic rings. The third kappa shape index (κ3) is 3.16. The SMILES string of the molecule is Cc1ccc(C(=O)N2CCC3(CCNCC3)CC2)c(Br)c1. The molecule has 3 nitrogen and oxygen atoms in total. The van der Waals surface area contributed by atoms with Crippen LogP contribution in [0.4, 0.5) is 0 Å². The zero-order valence-corrected chi connectivity index (χ0v) is 14.2. The summed E-state index contributed by atoms with van der Waals surface area (Å²) in [6.07, 6.45) is 4.85. The monoisotopic (exact) mass is 350 g/mol. The molecule has 114 valence electrons. The fraction of sp³-hybridized carbons (Fsp3) is 0.588. The molecule has 3 rings (SSSR count). The van der Waals surface area contributed by atoms with E-state index in [9.17, 15) is 4.79 Å². The minimum atomic E-state index is 0.172. The van der Waals surface area contributed by atoms with E-state index in [4.69, 9.17) is 0 Å². The Morgan fingerprint density at radius 1 is 1.19 bits per heavy atom. The Morgan fingerprint density at radius 2 is 1.86 bits per heavy atom. The number of rotatable bonds is 1. The average Bonchev–Trinajstić information content (AvgIpc) is 2.48. The van der Waals surface area contributed by atoms with Gasteiger partial charge in [0, 0.05) is 17.6 Å². The highest BCUT2D eigenvalue weighted by Gasteiger charge is 2.36. The van der Waals surface area contributed by atoms with Gasteiger partial charge < -0.3 is 10.2 Å². The normalized spacial score (nSPS) is 21.5. The van der Waals surface area contributed by atoms with Crippen LogP contribution in [0, 0.1) is 12.3 Å².